The lowest BCUT2D eigenvalue weighted by Crippen LogP contribution is -2.26. The highest BCUT2D eigenvalue weighted by molar-refractivity contribution is 5.40. The van der Waals surface area contributed by atoms with Crippen LogP contribution in [0.2, 0.25) is 0 Å². The number of rotatable bonds is 3. The third kappa shape index (κ3) is 3.49. The molecule has 1 fully saturated rings. The number of nitrogens with two attached hydrogens (primary N) is 1. The van der Waals surface area contributed by atoms with Gasteiger partial charge in [0.15, 0.2) is 0 Å². The molecule has 1 aliphatic rings. The van der Waals surface area contributed by atoms with E-state index in [1.54, 1.807) is 23.0 Å². The predicted octanol–water partition coefficient (Wildman–Crippen LogP) is 2.32. The lowest BCUT2D eigenvalue weighted by molar-refractivity contribution is 0.275. The Labute approximate surface area is 124 Å². The summed E-state index contributed by atoms with van der Waals surface area (Å²) >= 11 is 0. The van der Waals surface area contributed by atoms with Crippen molar-refractivity contribution in [3.05, 3.63) is 48.0 Å². The van der Waals surface area contributed by atoms with Crippen molar-refractivity contribution in [2.45, 2.75) is 31.8 Å². The van der Waals surface area contributed by atoms with Crippen molar-refractivity contribution in [3.8, 4) is 5.69 Å². The summed E-state index contributed by atoms with van der Waals surface area (Å²) in [6, 6.07) is 7.06. The number of aromatic nitrogens is 2. The molecule has 1 aromatic heterocycles. The van der Waals surface area contributed by atoms with Gasteiger partial charge in [0.2, 0.25) is 0 Å². The van der Waals surface area contributed by atoms with E-state index >= 15 is 0 Å². The van der Waals surface area contributed by atoms with Gasteiger partial charge in [-0.25, -0.2) is 9.07 Å². The second-order valence-electron chi connectivity index (χ2n) is 5.69. The van der Waals surface area contributed by atoms with Crippen LogP contribution in [0.15, 0.2) is 36.7 Å². The van der Waals surface area contributed by atoms with Crippen molar-refractivity contribution in [1.82, 2.24) is 14.7 Å². The Bertz CT molecular complexity index is 582. The van der Waals surface area contributed by atoms with Gasteiger partial charge in [0.25, 0.3) is 0 Å². The number of likely N-dealkylation sites (tertiary alicyclic amines) is 1. The molecule has 3 rings (SSSR count). The first-order valence-corrected chi connectivity index (χ1v) is 7.49. The van der Waals surface area contributed by atoms with E-state index in [1.807, 2.05) is 12.3 Å². The van der Waals surface area contributed by atoms with E-state index in [1.165, 1.54) is 6.07 Å². The van der Waals surface area contributed by atoms with E-state index in [0.29, 0.717) is 6.04 Å². The Morgan fingerprint density at radius 2 is 2.19 bits per heavy atom. The zero-order valence-electron chi connectivity index (χ0n) is 12.1. The first-order valence-electron chi connectivity index (χ1n) is 7.49. The summed E-state index contributed by atoms with van der Waals surface area (Å²) in [5, 5.41) is 4.26. The largest absolute Gasteiger partial charge is 0.328 e. The molecular weight excluding hydrogens is 267 g/mol. The Morgan fingerprint density at radius 3 is 3.00 bits per heavy atom. The van der Waals surface area contributed by atoms with Gasteiger partial charge in [-0.2, -0.15) is 5.10 Å². The van der Waals surface area contributed by atoms with Gasteiger partial charge in [-0.05, 0) is 62.2 Å². The molecule has 0 saturated carbocycles. The fourth-order valence-electron chi connectivity index (χ4n) is 2.90. The zero-order valence-corrected chi connectivity index (χ0v) is 12.1. The number of benzene rings is 1. The highest BCUT2D eigenvalue weighted by Gasteiger charge is 2.16. The monoisotopic (exact) mass is 288 g/mol. The molecule has 2 aromatic rings. The average molecular weight is 288 g/mol. The maximum atomic E-state index is 13.6. The van der Waals surface area contributed by atoms with Crippen LogP contribution in [0, 0.1) is 5.82 Å². The quantitative estimate of drug-likeness (QED) is 0.943. The van der Waals surface area contributed by atoms with Gasteiger partial charge in [0.05, 0.1) is 5.69 Å². The van der Waals surface area contributed by atoms with E-state index in [4.69, 9.17) is 5.73 Å². The fraction of sp³-hybridized carbons (Fsp3) is 0.438. The minimum Gasteiger partial charge on any atom is -0.328 e. The van der Waals surface area contributed by atoms with Crippen LogP contribution >= 0.6 is 0 Å². The topological polar surface area (TPSA) is 47.1 Å². The van der Waals surface area contributed by atoms with Crippen LogP contribution in [0.1, 0.15) is 24.8 Å². The van der Waals surface area contributed by atoms with Gasteiger partial charge in [0.1, 0.15) is 5.82 Å². The van der Waals surface area contributed by atoms with Crippen LogP contribution in [-0.2, 0) is 6.54 Å². The van der Waals surface area contributed by atoms with E-state index in [2.05, 4.69) is 10.00 Å². The summed E-state index contributed by atoms with van der Waals surface area (Å²) in [6.45, 7) is 2.72. The lowest BCUT2D eigenvalue weighted by atomic mass is 10.1. The van der Waals surface area contributed by atoms with Crippen LogP contribution in [0.4, 0.5) is 4.39 Å². The van der Waals surface area contributed by atoms with Gasteiger partial charge in [0, 0.05) is 25.0 Å². The molecule has 1 aromatic carbocycles. The van der Waals surface area contributed by atoms with Crippen molar-refractivity contribution in [2.24, 2.45) is 5.73 Å². The van der Waals surface area contributed by atoms with Crippen molar-refractivity contribution < 1.29 is 4.39 Å². The second-order valence-corrected chi connectivity index (χ2v) is 5.69. The highest BCUT2D eigenvalue weighted by atomic mass is 19.1. The Hall–Kier alpha value is -1.72. The molecule has 2 N–H and O–H groups in total. The Balaban J connectivity index is 1.82. The number of halogens is 1. The van der Waals surface area contributed by atoms with Crippen molar-refractivity contribution in [2.75, 3.05) is 13.1 Å². The van der Waals surface area contributed by atoms with Gasteiger partial charge in [-0.3, -0.25) is 4.90 Å². The van der Waals surface area contributed by atoms with Crippen LogP contribution < -0.4 is 5.73 Å². The molecule has 112 valence electrons. The van der Waals surface area contributed by atoms with Crippen molar-refractivity contribution in [3.63, 3.8) is 0 Å². The lowest BCUT2D eigenvalue weighted by Gasteiger charge is -2.21. The third-order valence-corrected chi connectivity index (χ3v) is 4.05. The standard InChI is InChI=1S/C16H21FN4/c17-14-4-5-16(21-9-2-7-19-21)13(11-14)12-20-8-1-3-15(18)6-10-20/h2,4-5,7,9,11,15H,1,3,6,8,10,12,18H2/t15-/m0/s1. The first kappa shape index (κ1) is 14.2. The van der Waals surface area contributed by atoms with E-state index in [-0.39, 0.29) is 5.82 Å². The molecule has 0 spiro atoms. The number of hydrogen-bond donors (Lipinski definition) is 1. The summed E-state index contributed by atoms with van der Waals surface area (Å²) in [5.41, 5.74) is 7.93. The maximum absolute atomic E-state index is 13.6. The van der Waals surface area contributed by atoms with Gasteiger partial charge in [-0.15, -0.1) is 0 Å². The third-order valence-electron chi connectivity index (χ3n) is 4.05. The summed E-state index contributed by atoms with van der Waals surface area (Å²) < 4.78 is 15.4. The molecular formula is C16H21FN4. The number of hydrogen-bond acceptors (Lipinski definition) is 3. The molecule has 4 nitrogen and oxygen atoms in total. The molecule has 1 aliphatic heterocycles. The Kier molecular flexibility index (Phi) is 4.31. The summed E-state index contributed by atoms with van der Waals surface area (Å²) in [7, 11) is 0. The molecule has 0 aliphatic carbocycles. The molecule has 5 heteroatoms. The van der Waals surface area contributed by atoms with Gasteiger partial charge in [-0.1, -0.05) is 0 Å². The second kappa shape index (κ2) is 6.37. The highest BCUT2D eigenvalue weighted by Crippen LogP contribution is 2.19. The van der Waals surface area contributed by atoms with Gasteiger partial charge < -0.3 is 5.73 Å². The van der Waals surface area contributed by atoms with Crippen molar-refractivity contribution >= 4 is 0 Å². The molecule has 2 heterocycles. The SMILES string of the molecule is N[C@H]1CCCN(Cc2cc(F)ccc2-n2cccn2)CC1. The van der Waals surface area contributed by atoms with Crippen LogP contribution in [0.5, 0.6) is 0 Å². The van der Waals surface area contributed by atoms with E-state index in [9.17, 15) is 4.39 Å². The van der Waals surface area contributed by atoms with Gasteiger partial charge >= 0.3 is 0 Å². The van der Waals surface area contributed by atoms with E-state index < -0.39 is 0 Å². The molecule has 0 bridgehead atoms. The van der Waals surface area contributed by atoms with Crippen LogP contribution in [0.3, 0.4) is 0 Å². The molecule has 0 amide bonds. The van der Waals surface area contributed by atoms with Crippen molar-refractivity contribution in [1.29, 1.82) is 0 Å². The van der Waals surface area contributed by atoms with Crippen LogP contribution in [0.25, 0.3) is 5.69 Å². The zero-order chi connectivity index (χ0) is 14.7. The molecule has 0 unspecified atom stereocenters. The minimum atomic E-state index is -0.201. The predicted molar refractivity (Wildman–Crippen MR) is 80.6 cm³/mol. The summed E-state index contributed by atoms with van der Waals surface area (Å²) in [6.07, 6.45) is 6.80. The summed E-state index contributed by atoms with van der Waals surface area (Å²) in [4.78, 5) is 2.36. The maximum Gasteiger partial charge on any atom is 0.123 e. The molecule has 0 radical (unpaired) electrons. The van der Waals surface area contributed by atoms with E-state index in [0.717, 1.165) is 50.1 Å². The Morgan fingerprint density at radius 1 is 1.29 bits per heavy atom. The molecule has 21 heavy (non-hydrogen) atoms. The number of nitrogens with zero attached hydrogens (tertiary/aromatic N) is 3. The average Bonchev–Trinajstić information content (AvgIpc) is 2.91. The smallest absolute Gasteiger partial charge is 0.123 e. The molecule has 1 atom stereocenters. The first-order chi connectivity index (χ1) is 10.2. The summed E-state index contributed by atoms with van der Waals surface area (Å²) in [5.74, 6) is -0.201. The van der Waals surface area contributed by atoms with Crippen LogP contribution in [-0.4, -0.2) is 33.8 Å². The minimum absolute atomic E-state index is 0.201. The molecule has 1 saturated heterocycles. The normalized spacial score (nSPS) is 20.4. The fourth-order valence-corrected chi connectivity index (χ4v) is 2.90.